The van der Waals surface area contributed by atoms with Crippen LogP contribution in [0.3, 0.4) is 0 Å². The third kappa shape index (κ3) is 4.30. The third-order valence-electron chi connectivity index (χ3n) is 4.08. The molecule has 0 amide bonds. The minimum Gasteiger partial charge on any atom is -0.381 e. The molecule has 1 aromatic heterocycles. The number of pyridine rings is 1. The van der Waals surface area contributed by atoms with Crippen LogP contribution in [0.2, 0.25) is 0 Å². The van der Waals surface area contributed by atoms with E-state index in [1.54, 1.807) is 20.2 Å². The highest BCUT2D eigenvalue weighted by Crippen LogP contribution is 2.27. The molecule has 1 unspecified atom stereocenters. The predicted molar refractivity (Wildman–Crippen MR) is 88.4 cm³/mol. The summed E-state index contributed by atoms with van der Waals surface area (Å²) in [7, 11) is 1.65. The molecule has 0 spiro atoms. The normalized spacial score (nSPS) is 19.9. The van der Waals surface area contributed by atoms with Crippen molar-refractivity contribution < 1.29 is 14.6 Å². The molecular formula is C17H22BrNO3. The van der Waals surface area contributed by atoms with Crippen molar-refractivity contribution in [3.63, 3.8) is 0 Å². The van der Waals surface area contributed by atoms with E-state index in [2.05, 4.69) is 32.8 Å². The lowest BCUT2D eigenvalue weighted by molar-refractivity contribution is -0.0185. The first kappa shape index (κ1) is 17.4. The maximum Gasteiger partial charge on any atom is 0.126 e. The molecule has 0 aromatic carbocycles. The highest BCUT2D eigenvalue weighted by molar-refractivity contribution is 9.10. The van der Waals surface area contributed by atoms with Gasteiger partial charge in [0.2, 0.25) is 0 Å². The number of hydrogen-bond donors (Lipinski definition) is 1. The molecular weight excluding hydrogens is 346 g/mol. The molecule has 1 fully saturated rings. The number of rotatable bonds is 3. The lowest BCUT2D eigenvalue weighted by Gasteiger charge is -2.31. The summed E-state index contributed by atoms with van der Waals surface area (Å²) in [6, 6.07) is 1.91. The van der Waals surface area contributed by atoms with Crippen LogP contribution < -0.4 is 0 Å². The summed E-state index contributed by atoms with van der Waals surface area (Å²) in [6.07, 6.45) is 3.31. The number of methoxy groups -OCH3 is 1. The summed E-state index contributed by atoms with van der Waals surface area (Å²) in [5, 5.41) is 10.6. The maximum absolute atomic E-state index is 10.6. The van der Waals surface area contributed by atoms with Crippen LogP contribution in [0.4, 0.5) is 0 Å². The first-order valence-electron chi connectivity index (χ1n) is 7.45. The fourth-order valence-electron chi connectivity index (χ4n) is 2.49. The van der Waals surface area contributed by atoms with Crippen molar-refractivity contribution in [3.8, 4) is 11.8 Å². The van der Waals surface area contributed by atoms with Gasteiger partial charge in [0.25, 0.3) is 0 Å². The molecule has 0 aliphatic carbocycles. The Morgan fingerprint density at radius 1 is 1.50 bits per heavy atom. The molecule has 120 valence electrons. The summed E-state index contributed by atoms with van der Waals surface area (Å²) in [4.78, 5) is 4.39. The van der Waals surface area contributed by atoms with E-state index in [0.717, 1.165) is 28.6 Å². The van der Waals surface area contributed by atoms with Gasteiger partial charge in [-0.3, -0.25) is 4.98 Å². The molecule has 5 heteroatoms. The Morgan fingerprint density at radius 3 is 2.77 bits per heavy atom. The van der Waals surface area contributed by atoms with Gasteiger partial charge in [-0.25, -0.2) is 0 Å². The van der Waals surface area contributed by atoms with Crippen LogP contribution in [-0.2, 0) is 9.47 Å². The van der Waals surface area contributed by atoms with Gasteiger partial charge in [-0.15, -0.1) is 0 Å². The van der Waals surface area contributed by atoms with E-state index in [9.17, 15) is 5.11 Å². The van der Waals surface area contributed by atoms with Gasteiger partial charge < -0.3 is 14.6 Å². The van der Waals surface area contributed by atoms with E-state index < -0.39 is 5.60 Å². The average Bonchev–Trinajstić information content (AvgIpc) is 2.53. The quantitative estimate of drug-likeness (QED) is 0.834. The molecule has 0 radical (unpaired) electrons. The van der Waals surface area contributed by atoms with Gasteiger partial charge in [0.1, 0.15) is 5.60 Å². The molecule has 2 heterocycles. The van der Waals surface area contributed by atoms with Crippen molar-refractivity contribution in [3.05, 3.63) is 28.0 Å². The standard InChI is InChI=1S/C17H22BrNO3/c1-12(21-3)16-15(18)10-13(11-19-16)4-7-17(2,20)14-5-8-22-9-6-14/h10-12,14,20H,5-6,8-9H2,1-3H3/t12-,17?/m0/s1. The predicted octanol–water partition coefficient (Wildman–Crippen LogP) is 3.08. The topological polar surface area (TPSA) is 51.6 Å². The Labute approximate surface area is 140 Å². The van der Waals surface area contributed by atoms with Gasteiger partial charge in [0.15, 0.2) is 0 Å². The lowest BCUT2D eigenvalue weighted by Crippen LogP contribution is -2.36. The van der Waals surface area contributed by atoms with Gasteiger partial charge >= 0.3 is 0 Å². The van der Waals surface area contributed by atoms with Gasteiger partial charge in [-0.2, -0.15) is 0 Å². The van der Waals surface area contributed by atoms with Crippen molar-refractivity contribution in [1.29, 1.82) is 0 Å². The molecule has 22 heavy (non-hydrogen) atoms. The van der Waals surface area contributed by atoms with E-state index in [0.29, 0.717) is 13.2 Å². The zero-order chi connectivity index (χ0) is 16.2. The van der Waals surface area contributed by atoms with Crippen LogP contribution in [0.15, 0.2) is 16.7 Å². The first-order chi connectivity index (χ1) is 10.4. The monoisotopic (exact) mass is 367 g/mol. The van der Waals surface area contributed by atoms with Gasteiger partial charge in [0, 0.05) is 42.5 Å². The minimum atomic E-state index is -1.01. The van der Waals surface area contributed by atoms with Crippen LogP contribution in [0.25, 0.3) is 0 Å². The molecule has 2 atom stereocenters. The molecule has 1 saturated heterocycles. The zero-order valence-electron chi connectivity index (χ0n) is 13.2. The Balaban J connectivity index is 2.15. The van der Waals surface area contributed by atoms with Crippen molar-refractivity contribution in [2.75, 3.05) is 20.3 Å². The second kappa shape index (κ2) is 7.56. The zero-order valence-corrected chi connectivity index (χ0v) is 14.8. The number of hydrogen-bond acceptors (Lipinski definition) is 4. The van der Waals surface area contributed by atoms with Crippen LogP contribution >= 0.6 is 15.9 Å². The van der Waals surface area contributed by atoms with Gasteiger partial charge in [-0.1, -0.05) is 11.8 Å². The molecule has 1 N–H and O–H groups in total. The fraction of sp³-hybridized carbons (Fsp3) is 0.588. The fourth-order valence-corrected chi connectivity index (χ4v) is 3.16. The highest BCUT2D eigenvalue weighted by atomic mass is 79.9. The summed E-state index contributed by atoms with van der Waals surface area (Å²) in [5.41, 5.74) is 0.602. The molecule has 1 aromatic rings. The van der Waals surface area contributed by atoms with Crippen molar-refractivity contribution in [2.45, 2.75) is 38.4 Å². The smallest absolute Gasteiger partial charge is 0.126 e. The number of nitrogens with zero attached hydrogens (tertiary/aromatic N) is 1. The molecule has 1 aliphatic rings. The van der Waals surface area contributed by atoms with E-state index in [1.165, 1.54) is 0 Å². The van der Waals surface area contributed by atoms with Gasteiger partial charge in [-0.05, 0) is 48.7 Å². The molecule has 1 aliphatic heterocycles. The Morgan fingerprint density at radius 2 is 2.18 bits per heavy atom. The number of aromatic nitrogens is 1. The molecule has 0 saturated carbocycles. The van der Waals surface area contributed by atoms with Crippen molar-refractivity contribution in [1.82, 2.24) is 4.98 Å². The number of aliphatic hydroxyl groups is 1. The van der Waals surface area contributed by atoms with Crippen LogP contribution in [-0.4, -0.2) is 36.0 Å². The summed E-state index contributed by atoms with van der Waals surface area (Å²) in [5.74, 6) is 6.18. The second-order valence-corrected chi connectivity index (χ2v) is 6.61. The summed E-state index contributed by atoms with van der Waals surface area (Å²) >= 11 is 3.50. The van der Waals surface area contributed by atoms with Crippen molar-refractivity contribution >= 4 is 15.9 Å². The van der Waals surface area contributed by atoms with Crippen LogP contribution in [0, 0.1) is 17.8 Å². The summed E-state index contributed by atoms with van der Waals surface area (Å²) < 4.78 is 11.5. The number of halogens is 1. The Bertz CT molecular complexity index is 571. The SMILES string of the molecule is CO[C@@H](C)c1ncc(C#CC(C)(O)C2CCOCC2)cc1Br. The van der Waals surface area contributed by atoms with E-state index in [1.807, 2.05) is 13.0 Å². The Kier molecular flexibility index (Phi) is 5.99. The molecule has 2 rings (SSSR count). The third-order valence-corrected chi connectivity index (χ3v) is 4.72. The first-order valence-corrected chi connectivity index (χ1v) is 8.25. The van der Waals surface area contributed by atoms with E-state index >= 15 is 0 Å². The van der Waals surface area contributed by atoms with E-state index in [-0.39, 0.29) is 12.0 Å². The van der Waals surface area contributed by atoms with Crippen molar-refractivity contribution in [2.24, 2.45) is 5.92 Å². The lowest BCUT2D eigenvalue weighted by atomic mass is 9.83. The van der Waals surface area contributed by atoms with E-state index in [4.69, 9.17) is 9.47 Å². The largest absolute Gasteiger partial charge is 0.381 e. The average molecular weight is 368 g/mol. The second-order valence-electron chi connectivity index (χ2n) is 5.75. The van der Waals surface area contributed by atoms with Gasteiger partial charge in [0.05, 0.1) is 11.8 Å². The Hall–Kier alpha value is -0.930. The summed E-state index contributed by atoms with van der Waals surface area (Å²) in [6.45, 7) is 5.10. The van der Waals surface area contributed by atoms with Crippen LogP contribution in [0.5, 0.6) is 0 Å². The molecule has 4 nitrogen and oxygen atoms in total. The minimum absolute atomic E-state index is 0.0817. The van der Waals surface area contributed by atoms with Crippen LogP contribution in [0.1, 0.15) is 44.1 Å². The highest BCUT2D eigenvalue weighted by Gasteiger charge is 2.31. The molecule has 0 bridgehead atoms. The number of ether oxygens (including phenoxy) is 2. The maximum atomic E-state index is 10.6.